The van der Waals surface area contributed by atoms with Crippen LogP contribution in [-0.4, -0.2) is 29.6 Å². The van der Waals surface area contributed by atoms with Crippen LogP contribution in [0, 0.1) is 5.82 Å². The zero-order valence-electron chi connectivity index (χ0n) is 12.4. The summed E-state index contributed by atoms with van der Waals surface area (Å²) in [6.45, 7) is 0.197. The van der Waals surface area contributed by atoms with Gasteiger partial charge in [0.25, 0.3) is 5.56 Å². The van der Waals surface area contributed by atoms with Gasteiger partial charge in [-0.15, -0.1) is 10.2 Å². The van der Waals surface area contributed by atoms with Crippen molar-refractivity contribution in [3.63, 3.8) is 0 Å². The predicted molar refractivity (Wildman–Crippen MR) is 83.8 cm³/mol. The number of hydrogen-bond donors (Lipinski definition) is 0. The molecule has 3 aromatic heterocycles. The minimum Gasteiger partial charge on any atom is -0.269 e. The lowest BCUT2D eigenvalue weighted by molar-refractivity contribution is 0.564. The SMILES string of the molecule is O=c1cc(Cn2nnc(-c3cccc(F)c3)n2)nc2ccccn12. The molecule has 0 amide bonds. The predicted octanol–water partition coefficient (Wildman–Crippen LogP) is 1.54. The number of nitrogens with zero attached hydrogens (tertiary/aromatic N) is 6. The molecule has 0 aliphatic heterocycles. The van der Waals surface area contributed by atoms with Gasteiger partial charge in [-0.05, 0) is 29.5 Å². The summed E-state index contributed by atoms with van der Waals surface area (Å²) in [6, 6.07) is 12.7. The van der Waals surface area contributed by atoms with Crippen molar-refractivity contribution in [2.75, 3.05) is 0 Å². The fourth-order valence-electron chi connectivity index (χ4n) is 2.38. The fourth-order valence-corrected chi connectivity index (χ4v) is 2.38. The Kier molecular flexibility index (Phi) is 3.34. The molecule has 0 unspecified atom stereocenters. The Labute approximate surface area is 135 Å². The van der Waals surface area contributed by atoms with Crippen LogP contribution in [0.3, 0.4) is 0 Å². The molecule has 0 atom stereocenters. The normalized spacial score (nSPS) is 11.0. The highest BCUT2D eigenvalue weighted by molar-refractivity contribution is 5.53. The van der Waals surface area contributed by atoms with Gasteiger partial charge in [0, 0.05) is 17.8 Å². The van der Waals surface area contributed by atoms with Gasteiger partial charge in [0.1, 0.15) is 18.0 Å². The van der Waals surface area contributed by atoms with E-state index in [9.17, 15) is 9.18 Å². The molecule has 0 spiro atoms. The van der Waals surface area contributed by atoms with E-state index >= 15 is 0 Å². The summed E-state index contributed by atoms with van der Waals surface area (Å²) in [5.41, 5.74) is 1.42. The van der Waals surface area contributed by atoms with Gasteiger partial charge in [0.2, 0.25) is 5.82 Å². The molecule has 3 heterocycles. The summed E-state index contributed by atoms with van der Waals surface area (Å²) in [7, 11) is 0. The lowest BCUT2D eigenvalue weighted by atomic mass is 10.2. The molecule has 0 radical (unpaired) electrons. The van der Waals surface area contributed by atoms with Crippen molar-refractivity contribution in [1.29, 1.82) is 0 Å². The quantitative estimate of drug-likeness (QED) is 0.572. The Morgan fingerprint density at radius 1 is 1.08 bits per heavy atom. The van der Waals surface area contributed by atoms with E-state index in [1.807, 2.05) is 0 Å². The second kappa shape index (κ2) is 5.65. The number of aromatic nitrogens is 6. The number of rotatable bonds is 3. The third-order valence-electron chi connectivity index (χ3n) is 3.46. The summed E-state index contributed by atoms with van der Waals surface area (Å²) in [5, 5.41) is 12.0. The first-order valence-corrected chi connectivity index (χ1v) is 7.20. The van der Waals surface area contributed by atoms with Crippen molar-refractivity contribution in [2.24, 2.45) is 0 Å². The van der Waals surface area contributed by atoms with E-state index in [2.05, 4.69) is 20.4 Å². The van der Waals surface area contributed by atoms with Crippen LogP contribution in [0.1, 0.15) is 5.69 Å². The number of halogens is 1. The Morgan fingerprint density at radius 2 is 2.00 bits per heavy atom. The maximum absolute atomic E-state index is 13.3. The summed E-state index contributed by atoms with van der Waals surface area (Å²) >= 11 is 0. The highest BCUT2D eigenvalue weighted by atomic mass is 19.1. The van der Waals surface area contributed by atoms with Gasteiger partial charge < -0.3 is 0 Å². The Morgan fingerprint density at radius 3 is 2.88 bits per heavy atom. The van der Waals surface area contributed by atoms with E-state index in [4.69, 9.17) is 0 Å². The van der Waals surface area contributed by atoms with Crippen molar-refractivity contribution in [1.82, 2.24) is 29.6 Å². The maximum Gasteiger partial charge on any atom is 0.258 e. The highest BCUT2D eigenvalue weighted by Crippen LogP contribution is 2.14. The van der Waals surface area contributed by atoms with Gasteiger partial charge in [-0.2, -0.15) is 4.80 Å². The lowest BCUT2D eigenvalue weighted by Crippen LogP contribution is -2.17. The van der Waals surface area contributed by atoms with E-state index in [-0.39, 0.29) is 17.9 Å². The minimum absolute atomic E-state index is 0.180. The van der Waals surface area contributed by atoms with Gasteiger partial charge in [-0.3, -0.25) is 9.20 Å². The molecule has 8 heteroatoms. The van der Waals surface area contributed by atoms with E-state index in [1.165, 1.54) is 27.4 Å². The topological polar surface area (TPSA) is 78.0 Å². The number of fused-ring (bicyclic) bond motifs is 1. The first kappa shape index (κ1) is 14.2. The molecule has 118 valence electrons. The summed E-state index contributed by atoms with van der Waals surface area (Å²) in [6.07, 6.45) is 1.66. The van der Waals surface area contributed by atoms with Crippen molar-refractivity contribution >= 4 is 5.65 Å². The van der Waals surface area contributed by atoms with Gasteiger partial charge in [0.15, 0.2) is 0 Å². The first-order chi connectivity index (χ1) is 11.7. The molecule has 0 bridgehead atoms. The lowest BCUT2D eigenvalue weighted by Gasteiger charge is -2.02. The molecule has 0 saturated heterocycles. The van der Waals surface area contributed by atoms with E-state index < -0.39 is 0 Å². The number of hydrogen-bond acceptors (Lipinski definition) is 5. The zero-order valence-corrected chi connectivity index (χ0v) is 12.4. The van der Waals surface area contributed by atoms with E-state index in [1.54, 1.807) is 36.5 Å². The average Bonchev–Trinajstić information content (AvgIpc) is 3.03. The Balaban J connectivity index is 1.66. The summed E-state index contributed by atoms with van der Waals surface area (Å²) in [4.78, 5) is 17.8. The van der Waals surface area contributed by atoms with E-state index in [0.717, 1.165) is 0 Å². The second-order valence-electron chi connectivity index (χ2n) is 5.17. The van der Waals surface area contributed by atoms with Gasteiger partial charge in [-0.25, -0.2) is 9.37 Å². The average molecular weight is 322 g/mol. The molecular weight excluding hydrogens is 311 g/mol. The molecule has 4 rings (SSSR count). The third-order valence-corrected chi connectivity index (χ3v) is 3.46. The van der Waals surface area contributed by atoms with Crippen LogP contribution in [0.2, 0.25) is 0 Å². The smallest absolute Gasteiger partial charge is 0.258 e. The number of pyridine rings is 1. The second-order valence-corrected chi connectivity index (χ2v) is 5.17. The van der Waals surface area contributed by atoms with Crippen molar-refractivity contribution in [2.45, 2.75) is 6.54 Å². The molecule has 7 nitrogen and oxygen atoms in total. The third kappa shape index (κ3) is 2.65. The van der Waals surface area contributed by atoms with Crippen LogP contribution >= 0.6 is 0 Å². The van der Waals surface area contributed by atoms with Crippen LogP contribution in [0.4, 0.5) is 4.39 Å². The standard InChI is InChI=1S/C16H11FN6O/c17-12-5-3-4-11(8-12)16-19-21-23(20-16)10-13-9-15(24)22-7-2-1-6-14(22)18-13/h1-9H,10H2. The van der Waals surface area contributed by atoms with Gasteiger partial charge >= 0.3 is 0 Å². The molecule has 0 aliphatic carbocycles. The van der Waals surface area contributed by atoms with Gasteiger partial charge in [-0.1, -0.05) is 18.2 Å². The molecular formula is C16H11FN6O. The molecule has 0 aliphatic rings. The van der Waals surface area contributed by atoms with Crippen molar-refractivity contribution < 1.29 is 4.39 Å². The molecule has 0 fully saturated rings. The summed E-state index contributed by atoms with van der Waals surface area (Å²) < 4.78 is 14.7. The molecule has 24 heavy (non-hydrogen) atoms. The van der Waals surface area contributed by atoms with Crippen LogP contribution in [0.25, 0.3) is 17.0 Å². The Bertz CT molecular complexity index is 1090. The van der Waals surface area contributed by atoms with Crippen LogP contribution in [-0.2, 0) is 6.54 Å². The molecule has 4 aromatic rings. The number of tetrazole rings is 1. The fraction of sp³-hybridized carbons (Fsp3) is 0.0625. The van der Waals surface area contributed by atoms with Gasteiger partial charge in [0.05, 0.1) is 5.69 Å². The van der Waals surface area contributed by atoms with Crippen LogP contribution in [0.5, 0.6) is 0 Å². The van der Waals surface area contributed by atoms with Crippen LogP contribution < -0.4 is 5.56 Å². The largest absolute Gasteiger partial charge is 0.269 e. The molecule has 1 aromatic carbocycles. The number of benzene rings is 1. The van der Waals surface area contributed by atoms with E-state index in [0.29, 0.717) is 22.7 Å². The van der Waals surface area contributed by atoms with Crippen molar-refractivity contribution in [3.05, 3.63) is 76.6 Å². The Hall–Kier alpha value is -3.42. The van der Waals surface area contributed by atoms with Crippen LogP contribution in [0.15, 0.2) is 59.5 Å². The monoisotopic (exact) mass is 322 g/mol. The first-order valence-electron chi connectivity index (χ1n) is 7.20. The molecule has 0 N–H and O–H groups in total. The molecule has 0 saturated carbocycles. The van der Waals surface area contributed by atoms with Crippen molar-refractivity contribution in [3.8, 4) is 11.4 Å². The summed E-state index contributed by atoms with van der Waals surface area (Å²) in [5.74, 6) is -0.0555. The zero-order chi connectivity index (χ0) is 16.5. The maximum atomic E-state index is 13.3. The highest BCUT2D eigenvalue weighted by Gasteiger charge is 2.09. The minimum atomic E-state index is -0.368.